The Balaban J connectivity index is 1.81. The molecule has 6 heteroatoms. The van der Waals surface area contributed by atoms with Gasteiger partial charge in [-0.3, -0.25) is 0 Å². The van der Waals surface area contributed by atoms with Gasteiger partial charge in [-0.15, -0.1) is 5.10 Å². The maximum atomic E-state index is 4.05. The van der Waals surface area contributed by atoms with Crippen molar-refractivity contribution < 1.29 is 0 Å². The summed E-state index contributed by atoms with van der Waals surface area (Å²) in [7, 11) is 0. The number of hydrogen-bond donors (Lipinski definition) is 1. The van der Waals surface area contributed by atoms with Gasteiger partial charge in [-0.2, -0.15) is 4.68 Å². The molecule has 2 aromatic rings. The lowest BCUT2D eigenvalue weighted by molar-refractivity contribution is 0.637. The van der Waals surface area contributed by atoms with Gasteiger partial charge >= 0.3 is 0 Å². The van der Waals surface area contributed by atoms with Gasteiger partial charge in [-0.05, 0) is 70.1 Å². The van der Waals surface area contributed by atoms with Crippen LogP contribution in [0.5, 0.6) is 0 Å². The summed E-state index contributed by atoms with van der Waals surface area (Å²) in [5.74, 6) is 0.859. The van der Waals surface area contributed by atoms with E-state index in [0.29, 0.717) is 6.04 Å². The molecule has 1 N–H and O–H groups in total. The van der Waals surface area contributed by atoms with Crippen LogP contribution >= 0.6 is 22.6 Å². The molecule has 17 heavy (non-hydrogen) atoms. The zero-order valence-electron chi connectivity index (χ0n) is 9.17. The number of hydrogen-bond acceptors (Lipinski definition) is 4. The van der Waals surface area contributed by atoms with Crippen LogP contribution < -0.4 is 5.32 Å². The standard InChI is InChI=1S/C11H12IN5/c12-8-1-5-10(6-2-8)17-11(14-15-16-17)7-13-9-3-4-9/h1-2,5-6,9,13H,3-4,7H2. The zero-order chi connectivity index (χ0) is 11.7. The van der Waals surface area contributed by atoms with Crippen molar-refractivity contribution in [3.8, 4) is 5.69 Å². The molecular weight excluding hydrogens is 329 g/mol. The van der Waals surface area contributed by atoms with Crippen molar-refractivity contribution in [2.75, 3.05) is 0 Å². The second-order valence-electron chi connectivity index (χ2n) is 4.14. The van der Waals surface area contributed by atoms with Gasteiger partial charge in [-0.25, -0.2) is 0 Å². The quantitative estimate of drug-likeness (QED) is 0.857. The average molecular weight is 341 g/mol. The molecule has 0 aliphatic heterocycles. The minimum Gasteiger partial charge on any atom is -0.307 e. The summed E-state index contributed by atoms with van der Waals surface area (Å²) in [5.41, 5.74) is 1.00. The van der Waals surface area contributed by atoms with E-state index < -0.39 is 0 Å². The molecule has 1 aliphatic carbocycles. The van der Waals surface area contributed by atoms with E-state index in [1.807, 2.05) is 12.1 Å². The molecule has 3 rings (SSSR count). The van der Waals surface area contributed by atoms with Gasteiger partial charge in [0.2, 0.25) is 0 Å². The second-order valence-corrected chi connectivity index (χ2v) is 5.38. The van der Waals surface area contributed by atoms with Gasteiger partial charge in [-0.1, -0.05) is 0 Å². The Morgan fingerprint density at radius 2 is 2.06 bits per heavy atom. The number of halogens is 1. The molecule has 1 fully saturated rings. The Morgan fingerprint density at radius 3 is 2.76 bits per heavy atom. The monoisotopic (exact) mass is 341 g/mol. The molecule has 5 nitrogen and oxygen atoms in total. The van der Waals surface area contributed by atoms with E-state index in [2.05, 4.69) is 55.6 Å². The molecule has 0 radical (unpaired) electrons. The molecule has 1 aliphatic rings. The summed E-state index contributed by atoms with van der Waals surface area (Å²) in [4.78, 5) is 0. The summed E-state index contributed by atoms with van der Waals surface area (Å²) in [6.07, 6.45) is 2.54. The normalized spacial score (nSPS) is 15.1. The molecule has 0 atom stereocenters. The fourth-order valence-corrected chi connectivity index (χ4v) is 1.98. The number of nitrogens with one attached hydrogen (secondary N) is 1. The molecule has 1 aromatic heterocycles. The smallest absolute Gasteiger partial charge is 0.170 e. The molecule has 1 saturated carbocycles. The summed E-state index contributed by atoms with van der Waals surface area (Å²) in [6.45, 7) is 0.726. The third-order valence-electron chi connectivity index (χ3n) is 2.73. The number of rotatable bonds is 4. The van der Waals surface area contributed by atoms with E-state index in [-0.39, 0.29) is 0 Å². The predicted octanol–water partition coefficient (Wildman–Crippen LogP) is 1.52. The highest BCUT2D eigenvalue weighted by atomic mass is 127. The second kappa shape index (κ2) is 4.69. The van der Waals surface area contributed by atoms with Crippen molar-refractivity contribution in [1.82, 2.24) is 25.5 Å². The third kappa shape index (κ3) is 2.63. The van der Waals surface area contributed by atoms with E-state index in [1.54, 1.807) is 4.68 Å². The zero-order valence-corrected chi connectivity index (χ0v) is 11.3. The molecule has 1 heterocycles. The maximum Gasteiger partial charge on any atom is 0.170 e. The fraction of sp³-hybridized carbons (Fsp3) is 0.364. The Morgan fingerprint density at radius 1 is 1.29 bits per heavy atom. The van der Waals surface area contributed by atoms with Gasteiger partial charge in [0.05, 0.1) is 12.2 Å². The summed E-state index contributed by atoms with van der Waals surface area (Å²) in [5, 5.41) is 15.2. The number of aromatic nitrogens is 4. The predicted molar refractivity (Wildman–Crippen MR) is 71.7 cm³/mol. The molecule has 0 spiro atoms. The lowest BCUT2D eigenvalue weighted by atomic mass is 10.3. The van der Waals surface area contributed by atoms with Crippen LogP contribution in [0.25, 0.3) is 5.69 Å². The Bertz CT molecular complexity index is 503. The molecule has 0 amide bonds. The number of nitrogens with zero attached hydrogens (tertiary/aromatic N) is 4. The number of benzene rings is 1. The minimum atomic E-state index is 0.664. The maximum absolute atomic E-state index is 4.05. The fourth-order valence-electron chi connectivity index (χ4n) is 1.62. The molecule has 1 aromatic carbocycles. The van der Waals surface area contributed by atoms with Crippen molar-refractivity contribution in [1.29, 1.82) is 0 Å². The van der Waals surface area contributed by atoms with Gasteiger partial charge in [0.15, 0.2) is 5.82 Å². The van der Waals surface area contributed by atoms with Gasteiger partial charge < -0.3 is 5.32 Å². The van der Waals surface area contributed by atoms with Crippen LogP contribution in [0.4, 0.5) is 0 Å². The van der Waals surface area contributed by atoms with Crippen molar-refractivity contribution >= 4 is 22.6 Å². The van der Waals surface area contributed by atoms with E-state index in [9.17, 15) is 0 Å². The Kier molecular flexibility index (Phi) is 3.06. The molecule has 0 unspecified atom stereocenters. The van der Waals surface area contributed by atoms with Crippen LogP contribution in [0, 0.1) is 3.57 Å². The first kappa shape index (κ1) is 11.1. The van der Waals surface area contributed by atoms with E-state index in [0.717, 1.165) is 18.1 Å². The topological polar surface area (TPSA) is 55.6 Å². The lowest BCUT2D eigenvalue weighted by Crippen LogP contribution is -2.18. The van der Waals surface area contributed by atoms with Crippen molar-refractivity contribution in [2.24, 2.45) is 0 Å². The van der Waals surface area contributed by atoms with Crippen LogP contribution in [-0.2, 0) is 6.54 Å². The summed E-state index contributed by atoms with van der Waals surface area (Å²) >= 11 is 2.28. The van der Waals surface area contributed by atoms with E-state index in [4.69, 9.17) is 0 Å². The van der Waals surface area contributed by atoms with Crippen LogP contribution in [0.1, 0.15) is 18.7 Å². The molecule has 0 bridgehead atoms. The highest BCUT2D eigenvalue weighted by Gasteiger charge is 2.21. The highest BCUT2D eigenvalue weighted by Crippen LogP contribution is 2.19. The first-order valence-electron chi connectivity index (χ1n) is 5.59. The van der Waals surface area contributed by atoms with Gasteiger partial charge in [0.25, 0.3) is 0 Å². The first-order chi connectivity index (χ1) is 8.33. The molecule has 0 saturated heterocycles. The Labute approximate surface area is 113 Å². The average Bonchev–Trinajstić information content (AvgIpc) is 3.06. The van der Waals surface area contributed by atoms with E-state index >= 15 is 0 Å². The summed E-state index contributed by atoms with van der Waals surface area (Å²) < 4.78 is 2.99. The van der Waals surface area contributed by atoms with Crippen molar-refractivity contribution in [3.63, 3.8) is 0 Å². The van der Waals surface area contributed by atoms with Gasteiger partial charge in [0.1, 0.15) is 0 Å². The van der Waals surface area contributed by atoms with Crippen LogP contribution in [0.2, 0.25) is 0 Å². The molecular formula is C11H12IN5. The highest BCUT2D eigenvalue weighted by molar-refractivity contribution is 14.1. The molecule has 88 valence electrons. The first-order valence-corrected chi connectivity index (χ1v) is 6.67. The van der Waals surface area contributed by atoms with Crippen LogP contribution in [0.15, 0.2) is 24.3 Å². The van der Waals surface area contributed by atoms with Crippen LogP contribution in [-0.4, -0.2) is 26.2 Å². The largest absolute Gasteiger partial charge is 0.307 e. The van der Waals surface area contributed by atoms with Crippen LogP contribution in [0.3, 0.4) is 0 Å². The lowest BCUT2D eigenvalue weighted by Gasteiger charge is -2.05. The van der Waals surface area contributed by atoms with Crippen molar-refractivity contribution in [3.05, 3.63) is 33.7 Å². The van der Waals surface area contributed by atoms with Crippen molar-refractivity contribution in [2.45, 2.75) is 25.4 Å². The number of tetrazole rings is 1. The third-order valence-corrected chi connectivity index (χ3v) is 3.45. The minimum absolute atomic E-state index is 0.664. The Hall–Kier alpha value is -1.02. The summed E-state index contributed by atoms with van der Waals surface area (Å²) in [6, 6.07) is 8.82. The van der Waals surface area contributed by atoms with Gasteiger partial charge in [0, 0.05) is 9.61 Å². The SMILES string of the molecule is Ic1ccc(-n2nnnc2CNC2CC2)cc1. The van der Waals surface area contributed by atoms with E-state index in [1.165, 1.54) is 16.4 Å².